The summed E-state index contributed by atoms with van der Waals surface area (Å²) in [6, 6.07) is 0. The Labute approximate surface area is 89.1 Å². The molecule has 0 spiro atoms. The van der Waals surface area contributed by atoms with Crippen LogP contribution in [0.3, 0.4) is 0 Å². The van der Waals surface area contributed by atoms with Crippen molar-refractivity contribution in [3.8, 4) is 0 Å². The molecule has 1 saturated carbocycles. The van der Waals surface area contributed by atoms with Crippen LogP contribution in [0.5, 0.6) is 0 Å². The summed E-state index contributed by atoms with van der Waals surface area (Å²) in [5, 5.41) is 0. The van der Waals surface area contributed by atoms with Crippen LogP contribution in [0.4, 0.5) is 0 Å². The van der Waals surface area contributed by atoms with Crippen LogP contribution in [0.2, 0.25) is 0 Å². The lowest BCUT2D eigenvalue weighted by Gasteiger charge is -2.30. The lowest BCUT2D eigenvalue weighted by Crippen LogP contribution is -2.18. The van der Waals surface area contributed by atoms with E-state index in [1.165, 1.54) is 38.5 Å². The quantitative estimate of drug-likeness (QED) is 0.565. The number of rotatable bonds is 4. The first-order valence-electron chi connectivity index (χ1n) is 6.10. The summed E-state index contributed by atoms with van der Waals surface area (Å²) >= 11 is 0. The van der Waals surface area contributed by atoms with Gasteiger partial charge in [-0.05, 0) is 51.4 Å². The van der Waals surface area contributed by atoms with E-state index >= 15 is 0 Å². The number of allylic oxidation sites excluding steroid dienone is 4. The minimum atomic E-state index is 0.955. The lowest BCUT2D eigenvalue weighted by molar-refractivity contribution is 0.240. The van der Waals surface area contributed by atoms with Crippen LogP contribution in [0.15, 0.2) is 24.3 Å². The van der Waals surface area contributed by atoms with E-state index in [0.717, 1.165) is 11.8 Å². The van der Waals surface area contributed by atoms with Gasteiger partial charge in [0.15, 0.2) is 0 Å². The Kier molecular flexibility index (Phi) is 5.66. The van der Waals surface area contributed by atoms with Crippen LogP contribution in [-0.2, 0) is 0 Å². The summed E-state index contributed by atoms with van der Waals surface area (Å²) in [5.41, 5.74) is 0. The van der Waals surface area contributed by atoms with Gasteiger partial charge in [0.1, 0.15) is 0 Å². The largest absolute Gasteiger partial charge is 0.0917 e. The molecule has 0 aromatic heterocycles. The minimum absolute atomic E-state index is 0.955. The fourth-order valence-electron chi connectivity index (χ4n) is 2.53. The van der Waals surface area contributed by atoms with Gasteiger partial charge in [0.25, 0.3) is 0 Å². The Bertz CT molecular complexity index is 166. The second-order valence-electron chi connectivity index (χ2n) is 4.41. The SMILES string of the molecule is CC=CCC1CCCCC1CC=CC. The van der Waals surface area contributed by atoms with E-state index in [0.29, 0.717) is 0 Å². The molecule has 1 rings (SSSR count). The molecule has 1 aliphatic carbocycles. The molecule has 14 heavy (non-hydrogen) atoms. The maximum Gasteiger partial charge on any atom is -0.0320 e. The van der Waals surface area contributed by atoms with Gasteiger partial charge in [-0.25, -0.2) is 0 Å². The first kappa shape index (κ1) is 11.6. The molecule has 0 saturated heterocycles. The zero-order chi connectivity index (χ0) is 10.2. The van der Waals surface area contributed by atoms with Crippen molar-refractivity contribution >= 4 is 0 Å². The smallest absolute Gasteiger partial charge is 0.0320 e. The van der Waals surface area contributed by atoms with Crippen LogP contribution >= 0.6 is 0 Å². The van der Waals surface area contributed by atoms with Gasteiger partial charge >= 0.3 is 0 Å². The zero-order valence-electron chi connectivity index (χ0n) is 9.71. The van der Waals surface area contributed by atoms with Crippen molar-refractivity contribution in [1.29, 1.82) is 0 Å². The van der Waals surface area contributed by atoms with Crippen LogP contribution < -0.4 is 0 Å². The lowest BCUT2D eigenvalue weighted by atomic mass is 9.76. The van der Waals surface area contributed by atoms with E-state index in [1.54, 1.807) is 0 Å². The van der Waals surface area contributed by atoms with E-state index in [1.807, 2.05) is 0 Å². The van der Waals surface area contributed by atoms with Crippen LogP contribution in [0.25, 0.3) is 0 Å². The summed E-state index contributed by atoms with van der Waals surface area (Å²) in [6.45, 7) is 4.26. The molecule has 2 unspecified atom stereocenters. The maximum atomic E-state index is 2.35. The summed E-state index contributed by atoms with van der Waals surface area (Å²) in [4.78, 5) is 0. The first-order chi connectivity index (χ1) is 6.88. The van der Waals surface area contributed by atoms with Crippen LogP contribution in [0.1, 0.15) is 52.4 Å². The van der Waals surface area contributed by atoms with Crippen LogP contribution in [-0.4, -0.2) is 0 Å². The molecule has 0 heterocycles. The third-order valence-electron chi connectivity index (χ3n) is 3.42. The predicted molar refractivity (Wildman–Crippen MR) is 64.3 cm³/mol. The van der Waals surface area contributed by atoms with Crippen molar-refractivity contribution in [3.05, 3.63) is 24.3 Å². The second-order valence-corrected chi connectivity index (χ2v) is 4.41. The summed E-state index contributed by atoms with van der Waals surface area (Å²) in [7, 11) is 0. The van der Waals surface area contributed by atoms with E-state index in [2.05, 4.69) is 38.2 Å². The van der Waals surface area contributed by atoms with Gasteiger partial charge in [-0.2, -0.15) is 0 Å². The normalized spacial score (nSPS) is 29.0. The average Bonchev–Trinajstić information content (AvgIpc) is 2.24. The number of hydrogen-bond acceptors (Lipinski definition) is 0. The summed E-state index contributed by atoms with van der Waals surface area (Å²) in [6.07, 6.45) is 17.5. The highest BCUT2D eigenvalue weighted by atomic mass is 14.3. The van der Waals surface area contributed by atoms with Gasteiger partial charge in [0.2, 0.25) is 0 Å². The molecule has 0 bridgehead atoms. The topological polar surface area (TPSA) is 0 Å². The van der Waals surface area contributed by atoms with E-state index in [4.69, 9.17) is 0 Å². The van der Waals surface area contributed by atoms with Crippen molar-refractivity contribution in [2.75, 3.05) is 0 Å². The number of hydrogen-bond donors (Lipinski definition) is 0. The van der Waals surface area contributed by atoms with Gasteiger partial charge in [-0.15, -0.1) is 0 Å². The molecule has 0 aromatic carbocycles. The maximum absolute atomic E-state index is 2.35. The van der Waals surface area contributed by atoms with E-state index < -0.39 is 0 Å². The third kappa shape index (κ3) is 3.69. The van der Waals surface area contributed by atoms with Gasteiger partial charge in [0.05, 0.1) is 0 Å². The summed E-state index contributed by atoms with van der Waals surface area (Å²) < 4.78 is 0. The van der Waals surface area contributed by atoms with Gasteiger partial charge < -0.3 is 0 Å². The monoisotopic (exact) mass is 192 g/mol. The molecule has 0 aliphatic heterocycles. The van der Waals surface area contributed by atoms with E-state index in [9.17, 15) is 0 Å². The Morgan fingerprint density at radius 1 is 0.857 bits per heavy atom. The first-order valence-corrected chi connectivity index (χ1v) is 6.10. The van der Waals surface area contributed by atoms with Crippen molar-refractivity contribution in [1.82, 2.24) is 0 Å². The second kappa shape index (κ2) is 6.86. The molecule has 0 radical (unpaired) electrons. The zero-order valence-corrected chi connectivity index (χ0v) is 9.71. The van der Waals surface area contributed by atoms with Gasteiger partial charge in [-0.1, -0.05) is 37.1 Å². The Morgan fingerprint density at radius 3 is 1.64 bits per heavy atom. The van der Waals surface area contributed by atoms with Gasteiger partial charge in [0, 0.05) is 0 Å². The molecule has 2 atom stereocenters. The highest BCUT2D eigenvalue weighted by molar-refractivity contribution is 4.89. The molecule has 1 fully saturated rings. The van der Waals surface area contributed by atoms with Crippen molar-refractivity contribution < 1.29 is 0 Å². The Balaban J connectivity index is 2.41. The molecule has 0 amide bonds. The molecular weight excluding hydrogens is 168 g/mol. The van der Waals surface area contributed by atoms with Crippen molar-refractivity contribution in [2.24, 2.45) is 11.8 Å². The predicted octanol–water partition coefficient (Wildman–Crippen LogP) is 4.73. The Morgan fingerprint density at radius 2 is 1.29 bits per heavy atom. The molecule has 80 valence electrons. The van der Waals surface area contributed by atoms with Crippen molar-refractivity contribution in [3.63, 3.8) is 0 Å². The fraction of sp³-hybridized carbons (Fsp3) is 0.714. The highest BCUT2D eigenvalue weighted by Gasteiger charge is 2.22. The Hall–Kier alpha value is -0.520. The fourth-order valence-corrected chi connectivity index (χ4v) is 2.53. The highest BCUT2D eigenvalue weighted by Crippen LogP contribution is 2.34. The third-order valence-corrected chi connectivity index (χ3v) is 3.42. The van der Waals surface area contributed by atoms with Crippen molar-refractivity contribution in [2.45, 2.75) is 52.4 Å². The standard InChI is InChI=1S/C14H24/c1-3-5-9-13-11-7-8-12-14(13)10-6-4-2/h3-6,13-14H,7-12H2,1-2H3. The summed E-state index contributed by atoms with van der Waals surface area (Å²) in [5.74, 6) is 1.91. The average molecular weight is 192 g/mol. The minimum Gasteiger partial charge on any atom is -0.0917 e. The molecular formula is C14H24. The molecule has 1 aliphatic rings. The van der Waals surface area contributed by atoms with Gasteiger partial charge in [-0.3, -0.25) is 0 Å². The molecule has 0 aromatic rings. The molecule has 0 nitrogen and oxygen atoms in total. The van der Waals surface area contributed by atoms with Crippen LogP contribution in [0, 0.1) is 11.8 Å². The molecule has 0 N–H and O–H groups in total. The van der Waals surface area contributed by atoms with E-state index in [-0.39, 0.29) is 0 Å². The molecule has 0 heteroatoms.